The molecule has 0 aliphatic rings. The quantitative estimate of drug-likeness (QED) is 0.658. The fraction of sp³-hybridized carbons (Fsp3) is 0.333. The van der Waals surface area contributed by atoms with Gasteiger partial charge in [-0.1, -0.05) is 18.9 Å². The van der Waals surface area contributed by atoms with Crippen LogP contribution in [0.3, 0.4) is 0 Å². The zero-order valence-electron chi connectivity index (χ0n) is 12.1. The second-order valence-electron chi connectivity index (χ2n) is 4.91. The van der Waals surface area contributed by atoms with Crippen LogP contribution in [0.25, 0.3) is 0 Å². The molecular formula is C12H14N4O5S. The van der Waals surface area contributed by atoms with Crippen molar-refractivity contribution in [2.75, 3.05) is 4.72 Å². The number of benzene rings is 1. The maximum absolute atomic E-state index is 12.2. The summed E-state index contributed by atoms with van der Waals surface area (Å²) in [5, 5.41) is 18.1. The van der Waals surface area contributed by atoms with Crippen LogP contribution < -0.4 is 4.72 Å². The van der Waals surface area contributed by atoms with Crippen LogP contribution >= 0.6 is 0 Å². The van der Waals surface area contributed by atoms with E-state index in [1.54, 1.807) is 0 Å². The van der Waals surface area contributed by atoms with Crippen molar-refractivity contribution in [2.45, 2.75) is 31.6 Å². The van der Waals surface area contributed by atoms with Gasteiger partial charge < -0.3 is 4.42 Å². The first-order valence-electron chi connectivity index (χ1n) is 6.32. The summed E-state index contributed by atoms with van der Waals surface area (Å²) in [5.74, 6) is 0.268. The maximum atomic E-state index is 12.2. The fourth-order valence-corrected chi connectivity index (χ4v) is 2.69. The molecule has 0 fully saturated rings. The molecule has 0 unspecified atom stereocenters. The Labute approximate surface area is 126 Å². The van der Waals surface area contributed by atoms with Crippen molar-refractivity contribution in [1.29, 1.82) is 0 Å². The van der Waals surface area contributed by atoms with E-state index in [4.69, 9.17) is 4.42 Å². The van der Waals surface area contributed by atoms with Gasteiger partial charge in [-0.2, -0.15) is 0 Å². The number of anilines is 1. The van der Waals surface area contributed by atoms with Crippen LogP contribution in [0.4, 0.5) is 11.7 Å². The Balaban J connectivity index is 2.30. The average Bonchev–Trinajstić information content (AvgIpc) is 2.86. The molecule has 1 heterocycles. The van der Waals surface area contributed by atoms with Gasteiger partial charge >= 0.3 is 6.01 Å². The molecule has 9 nitrogen and oxygen atoms in total. The molecule has 1 N–H and O–H groups in total. The average molecular weight is 326 g/mol. The summed E-state index contributed by atoms with van der Waals surface area (Å²) in [6.45, 7) is 5.11. The highest BCUT2D eigenvalue weighted by Crippen LogP contribution is 2.23. The van der Waals surface area contributed by atoms with E-state index < -0.39 is 14.9 Å². The molecule has 0 radical (unpaired) electrons. The summed E-state index contributed by atoms with van der Waals surface area (Å²) in [5.41, 5.74) is 0.0834. The molecule has 0 saturated carbocycles. The van der Waals surface area contributed by atoms with E-state index in [1.165, 1.54) is 13.0 Å². The molecule has 1 aromatic heterocycles. The number of hydrogen-bond donors (Lipinski definition) is 1. The number of hydrogen-bond acceptors (Lipinski definition) is 7. The van der Waals surface area contributed by atoms with Crippen LogP contribution in [0.2, 0.25) is 0 Å². The maximum Gasteiger partial charge on any atom is 0.329 e. The Morgan fingerprint density at radius 2 is 2.00 bits per heavy atom. The third kappa shape index (κ3) is 3.22. The monoisotopic (exact) mass is 326 g/mol. The fourth-order valence-electron chi connectivity index (χ4n) is 1.68. The van der Waals surface area contributed by atoms with Crippen molar-refractivity contribution in [3.05, 3.63) is 39.8 Å². The van der Waals surface area contributed by atoms with Crippen LogP contribution in [0.5, 0.6) is 0 Å². The number of aromatic nitrogens is 2. The first kappa shape index (κ1) is 15.9. The smallest absolute Gasteiger partial charge is 0.329 e. The van der Waals surface area contributed by atoms with Crippen molar-refractivity contribution in [3.63, 3.8) is 0 Å². The van der Waals surface area contributed by atoms with Crippen LogP contribution in [0.15, 0.2) is 27.5 Å². The molecule has 0 spiro atoms. The molecule has 0 saturated heterocycles. The van der Waals surface area contributed by atoms with E-state index in [1.807, 2.05) is 13.8 Å². The molecule has 2 rings (SSSR count). The van der Waals surface area contributed by atoms with Crippen molar-refractivity contribution >= 4 is 21.7 Å². The number of rotatable bonds is 5. The SMILES string of the molecule is Cc1cc(S(=O)(=O)Nc2nnc(C(C)C)o2)ccc1[N+](=O)[O-]. The molecule has 10 heteroatoms. The molecule has 118 valence electrons. The van der Waals surface area contributed by atoms with Gasteiger partial charge in [0.25, 0.3) is 15.7 Å². The number of nitrogens with one attached hydrogen (secondary N) is 1. The standard InChI is InChI=1S/C12H14N4O5S/c1-7(2)11-13-14-12(21-11)15-22(19,20)9-4-5-10(16(17)18)8(3)6-9/h4-7H,1-3H3,(H,14,15). The number of nitrogens with zero attached hydrogens (tertiary/aromatic N) is 3. The molecule has 0 aliphatic carbocycles. The molecule has 0 amide bonds. The topological polar surface area (TPSA) is 128 Å². The predicted octanol–water partition coefficient (Wildman–Crippen LogP) is 2.21. The summed E-state index contributed by atoms with van der Waals surface area (Å²) in [6, 6.07) is 3.24. The van der Waals surface area contributed by atoms with Crippen molar-refractivity contribution < 1.29 is 17.8 Å². The van der Waals surface area contributed by atoms with E-state index in [0.717, 1.165) is 12.1 Å². The minimum atomic E-state index is -3.96. The zero-order valence-corrected chi connectivity index (χ0v) is 12.9. The van der Waals surface area contributed by atoms with E-state index in [9.17, 15) is 18.5 Å². The highest BCUT2D eigenvalue weighted by Gasteiger charge is 2.21. The van der Waals surface area contributed by atoms with Crippen molar-refractivity contribution in [3.8, 4) is 0 Å². The number of nitro groups is 1. The summed E-state index contributed by atoms with van der Waals surface area (Å²) in [6.07, 6.45) is 0. The Morgan fingerprint density at radius 1 is 1.32 bits per heavy atom. The molecule has 0 atom stereocenters. The normalized spacial score (nSPS) is 11.6. The third-order valence-electron chi connectivity index (χ3n) is 2.83. The molecule has 0 aliphatic heterocycles. The lowest BCUT2D eigenvalue weighted by Crippen LogP contribution is -2.13. The van der Waals surface area contributed by atoms with Gasteiger partial charge in [-0.05, 0) is 19.1 Å². The highest BCUT2D eigenvalue weighted by atomic mass is 32.2. The van der Waals surface area contributed by atoms with Crippen LogP contribution in [0.1, 0.15) is 31.2 Å². The van der Waals surface area contributed by atoms with Crippen LogP contribution in [0, 0.1) is 17.0 Å². The summed E-state index contributed by atoms with van der Waals surface area (Å²) in [4.78, 5) is 10.0. The van der Waals surface area contributed by atoms with Gasteiger partial charge in [0.1, 0.15) is 0 Å². The highest BCUT2D eigenvalue weighted by molar-refractivity contribution is 7.92. The third-order valence-corrected chi connectivity index (χ3v) is 4.15. The largest absolute Gasteiger partial charge is 0.407 e. The number of nitro benzene ring substituents is 1. The van der Waals surface area contributed by atoms with E-state index in [2.05, 4.69) is 14.9 Å². The number of aryl methyl sites for hydroxylation is 1. The molecule has 1 aromatic carbocycles. The lowest BCUT2D eigenvalue weighted by molar-refractivity contribution is -0.385. The van der Waals surface area contributed by atoms with Gasteiger partial charge in [0.05, 0.1) is 9.82 Å². The van der Waals surface area contributed by atoms with Gasteiger partial charge in [0.2, 0.25) is 5.89 Å². The van der Waals surface area contributed by atoms with E-state index in [0.29, 0.717) is 5.89 Å². The molecule has 2 aromatic rings. The Morgan fingerprint density at radius 3 is 2.50 bits per heavy atom. The molecular weight excluding hydrogens is 312 g/mol. The molecule has 22 heavy (non-hydrogen) atoms. The lowest BCUT2D eigenvalue weighted by atomic mass is 10.2. The second kappa shape index (κ2) is 5.72. The van der Waals surface area contributed by atoms with E-state index >= 15 is 0 Å². The lowest BCUT2D eigenvalue weighted by Gasteiger charge is -2.05. The molecule has 0 bridgehead atoms. The predicted molar refractivity (Wildman–Crippen MR) is 77.0 cm³/mol. The second-order valence-corrected chi connectivity index (χ2v) is 6.59. The minimum absolute atomic E-state index is 0.0348. The Hall–Kier alpha value is -2.49. The van der Waals surface area contributed by atoms with Crippen LogP contribution in [-0.4, -0.2) is 23.5 Å². The Bertz CT molecular complexity index is 813. The van der Waals surface area contributed by atoms with E-state index in [-0.39, 0.29) is 28.1 Å². The van der Waals surface area contributed by atoms with Gasteiger partial charge in [0.15, 0.2) is 0 Å². The van der Waals surface area contributed by atoms with Gasteiger partial charge in [-0.15, -0.1) is 5.10 Å². The van der Waals surface area contributed by atoms with Crippen molar-refractivity contribution in [1.82, 2.24) is 10.2 Å². The summed E-state index contributed by atoms with van der Waals surface area (Å²) < 4.78 is 31.7. The van der Waals surface area contributed by atoms with Gasteiger partial charge in [-0.25, -0.2) is 13.1 Å². The van der Waals surface area contributed by atoms with Gasteiger partial charge in [0, 0.05) is 17.5 Å². The minimum Gasteiger partial charge on any atom is -0.407 e. The summed E-state index contributed by atoms with van der Waals surface area (Å²) in [7, 11) is -3.96. The Kier molecular flexibility index (Phi) is 4.13. The van der Waals surface area contributed by atoms with Gasteiger partial charge in [-0.3, -0.25) is 10.1 Å². The van der Waals surface area contributed by atoms with Crippen molar-refractivity contribution in [2.24, 2.45) is 0 Å². The number of sulfonamides is 1. The first-order valence-corrected chi connectivity index (χ1v) is 7.80. The first-order chi connectivity index (χ1) is 10.2. The summed E-state index contributed by atoms with van der Waals surface area (Å²) >= 11 is 0. The van der Waals surface area contributed by atoms with Crippen LogP contribution in [-0.2, 0) is 10.0 Å². The zero-order chi connectivity index (χ0) is 16.5.